The number of hydrogen-bond donors (Lipinski definition) is 3. The van der Waals surface area contributed by atoms with E-state index in [9.17, 15) is 18.7 Å². The maximum atomic E-state index is 12.2. The molecular weight excluding hydrogens is 318 g/mol. The molecule has 1 aliphatic carbocycles. The minimum atomic E-state index is -3.00. The third kappa shape index (κ3) is 4.71. The number of anilines is 1. The second-order valence-electron chi connectivity index (χ2n) is 5.26. The Balaban J connectivity index is 1.90. The average Bonchev–Trinajstić information content (AvgIpc) is 2.87. The standard InChI is InChI=1S/C14H17ClF2N2O3/c15-10-4-3-9(7-11(10)22-12(16)17)19-13(20)18-8-14(21)5-1-2-6-14/h3-4,7,12,21H,1-2,5-6,8H2,(H2,18,19,20). The normalized spacial score (nSPS) is 16.6. The number of carbonyl (C=O) groups excluding carboxylic acids is 1. The van der Waals surface area contributed by atoms with Gasteiger partial charge >= 0.3 is 12.6 Å². The monoisotopic (exact) mass is 334 g/mol. The van der Waals surface area contributed by atoms with Gasteiger partial charge in [0.25, 0.3) is 0 Å². The third-order valence-electron chi connectivity index (χ3n) is 3.52. The van der Waals surface area contributed by atoms with Crippen molar-refractivity contribution in [3.05, 3.63) is 23.2 Å². The summed E-state index contributed by atoms with van der Waals surface area (Å²) in [5, 5.41) is 15.2. The summed E-state index contributed by atoms with van der Waals surface area (Å²) >= 11 is 5.72. The first-order valence-electron chi connectivity index (χ1n) is 6.90. The molecule has 8 heteroatoms. The largest absolute Gasteiger partial charge is 0.433 e. The molecule has 3 N–H and O–H groups in total. The third-order valence-corrected chi connectivity index (χ3v) is 3.83. The molecular formula is C14H17ClF2N2O3. The van der Waals surface area contributed by atoms with E-state index >= 15 is 0 Å². The predicted molar refractivity (Wildman–Crippen MR) is 78.5 cm³/mol. The van der Waals surface area contributed by atoms with E-state index in [1.807, 2.05) is 0 Å². The zero-order valence-corrected chi connectivity index (χ0v) is 12.5. The number of halogens is 3. The van der Waals surface area contributed by atoms with E-state index in [1.54, 1.807) is 0 Å². The molecule has 2 amide bonds. The lowest BCUT2D eigenvalue weighted by molar-refractivity contribution is -0.0497. The van der Waals surface area contributed by atoms with E-state index in [4.69, 9.17) is 11.6 Å². The first-order valence-corrected chi connectivity index (χ1v) is 7.27. The minimum absolute atomic E-state index is 0.0199. The highest BCUT2D eigenvalue weighted by molar-refractivity contribution is 6.32. The fourth-order valence-corrected chi connectivity index (χ4v) is 2.56. The van der Waals surface area contributed by atoms with Crippen molar-refractivity contribution in [1.82, 2.24) is 5.32 Å². The maximum Gasteiger partial charge on any atom is 0.387 e. The molecule has 0 aliphatic heterocycles. The molecule has 22 heavy (non-hydrogen) atoms. The number of ether oxygens (including phenoxy) is 1. The molecule has 1 aliphatic rings. The fraction of sp³-hybridized carbons (Fsp3) is 0.500. The molecule has 2 rings (SSSR count). The van der Waals surface area contributed by atoms with Crippen LogP contribution in [0.2, 0.25) is 5.02 Å². The lowest BCUT2D eigenvalue weighted by Gasteiger charge is -2.22. The van der Waals surface area contributed by atoms with Crippen LogP contribution in [-0.2, 0) is 0 Å². The van der Waals surface area contributed by atoms with Crippen LogP contribution in [0.3, 0.4) is 0 Å². The van der Waals surface area contributed by atoms with Crippen molar-refractivity contribution < 1.29 is 23.4 Å². The summed E-state index contributed by atoms with van der Waals surface area (Å²) in [7, 11) is 0. The molecule has 0 spiro atoms. The summed E-state index contributed by atoms with van der Waals surface area (Å²) in [5.74, 6) is -0.219. The first kappa shape index (κ1) is 16.8. The number of aliphatic hydroxyl groups is 1. The van der Waals surface area contributed by atoms with E-state index in [0.717, 1.165) is 12.8 Å². The number of benzene rings is 1. The van der Waals surface area contributed by atoms with E-state index < -0.39 is 18.2 Å². The van der Waals surface area contributed by atoms with Gasteiger partial charge in [0.2, 0.25) is 0 Å². The smallest absolute Gasteiger partial charge is 0.387 e. The van der Waals surface area contributed by atoms with Crippen LogP contribution in [0.4, 0.5) is 19.3 Å². The molecule has 1 saturated carbocycles. The van der Waals surface area contributed by atoms with Gasteiger partial charge in [0.15, 0.2) is 0 Å². The van der Waals surface area contributed by atoms with Crippen molar-refractivity contribution in [2.45, 2.75) is 37.9 Å². The Kier molecular flexibility index (Phi) is 5.42. The van der Waals surface area contributed by atoms with Gasteiger partial charge in [-0.2, -0.15) is 8.78 Å². The molecule has 0 aromatic heterocycles. The molecule has 122 valence electrons. The van der Waals surface area contributed by atoms with Crippen LogP contribution in [0.1, 0.15) is 25.7 Å². The van der Waals surface area contributed by atoms with Crippen LogP contribution < -0.4 is 15.4 Å². The Bertz CT molecular complexity index is 537. The highest BCUT2D eigenvalue weighted by Crippen LogP contribution is 2.30. The van der Waals surface area contributed by atoms with Crippen LogP contribution >= 0.6 is 11.6 Å². The molecule has 0 saturated heterocycles. The summed E-state index contributed by atoms with van der Waals surface area (Å²) in [4.78, 5) is 11.8. The summed E-state index contributed by atoms with van der Waals surface area (Å²) in [5.41, 5.74) is -0.600. The van der Waals surface area contributed by atoms with Gasteiger partial charge < -0.3 is 20.5 Å². The summed E-state index contributed by atoms with van der Waals surface area (Å²) in [6.45, 7) is -2.86. The zero-order valence-electron chi connectivity index (χ0n) is 11.7. The lowest BCUT2D eigenvalue weighted by atomic mass is 10.0. The zero-order chi connectivity index (χ0) is 16.2. The summed E-state index contributed by atoms with van der Waals surface area (Å²) < 4.78 is 28.7. The van der Waals surface area contributed by atoms with Crippen molar-refractivity contribution in [2.75, 3.05) is 11.9 Å². The number of rotatable bonds is 5. The first-order chi connectivity index (χ1) is 10.4. The molecule has 0 radical (unpaired) electrons. The van der Waals surface area contributed by atoms with Crippen LogP contribution in [0.15, 0.2) is 18.2 Å². The van der Waals surface area contributed by atoms with Crippen LogP contribution in [-0.4, -0.2) is 29.9 Å². The second kappa shape index (κ2) is 7.11. The van der Waals surface area contributed by atoms with Crippen molar-refractivity contribution in [3.63, 3.8) is 0 Å². The van der Waals surface area contributed by atoms with Gasteiger partial charge in [-0.15, -0.1) is 0 Å². The fourth-order valence-electron chi connectivity index (χ4n) is 2.40. The van der Waals surface area contributed by atoms with Gasteiger partial charge in [0.05, 0.1) is 10.6 Å². The van der Waals surface area contributed by atoms with Crippen molar-refractivity contribution in [1.29, 1.82) is 0 Å². The highest BCUT2D eigenvalue weighted by Gasteiger charge is 2.31. The number of nitrogens with one attached hydrogen (secondary N) is 2. The average molecular weight is 335 g/mol. The molecule has 5 nitrogen and oxygen atoms in total. The number of urea groups is 1. The van der Waals surface area contributed by atoms with Gasteiger partial charge in [-0.05, 0) is 25.0 Å². The quantitative estimate of drug-likeness (QED) is 0.773. The number of carbonyl (C=O) groups is 1. The summed E-state index contributed by atoms with van der Waals surface area (Å²) in [6.07, 6.45) is 3.18. The molecule has 0 bridgehead atoms. The lowest BCUT2D eigenvalue weighted by Crippen LogP contribution is -2.42. The van der Waals surface area contributed by atoms with Crippen LogP contribution in [0.25, 0.3) is 0 Å². The maximum absolute atomic E-state index is 12.2. The van der Waals surface area contributed by atoms with E-state index in [-0.39, 0.29) is 23.0 Å². The molecule has 0 unspecified atom stereocenters. The number of amides is 2. The van der Waals surface area contributed by atoms with Crippen molar-refractivity contribution in [3.8, 4) is 5.75 Å². The van der Waals surface area contributed by atoms with E-state index in [0.29, 0.717) is 12.8 Å². The number of alkyl halides is 2. The second-order valence-corrected chi connectivity index (χ2v) is 5.67. The Morgan fingerprint density at radius 3 is 2.73 bits per heavy atom. The van der Waals surface area contributed by atoms with E-state index in [2.05, 4.69) is 15.4 Å². The number of hydrogen-bond acceptors (Lipinski definition) is 3. The molecule has 1 aromatic carbocycles. The molecule has 1 fully saturated rings. The van der Waals surface area contributed by atoms with Gasteiger partial charge in [-0.1, -0.05) is 24.4 Å². The van der Waals surface area contributed by atoms with Gasteiger partial charge in [0.1, 0.15) is 5.75 Å². The van der Waals surface area contributed by atoms with Crippen LogP contribution in [0.5, 0.6) is 5.75 Å². The predicted octanol–water partition coefficient (Wildman–Crippen LogP) is 3.37. The molecule has 1 aromatic rings. The topological polar surface area (TPSA) is 70.6 Å². The van der Waals surface area contributed by atoms with Crippen molar-refractivity contribution >= 4 is 23.3 Å². The van der Waals surface area contributed by atoms with Gasteiger partial charge in [0, 0.05) is 18.3 Å². The minimum Gasteiger partial charge on any atom is -0.433 e. The Hall–Kier alpha value is -1.60. The SMILES string of the molecule is O=C(NCC1(O)CCCC1)Nc1ccc(Cl)c(OC(F)F)c1. The molecule has 0 heterocycles. The Labute approximate surface area is 131 Å². The van der Waals surface area contributed by atoms with Gasteiger partial charge in [-0.3, -0.25) is 0 Å². The Morgan fingerprint density at radius 2 is 2.09 bits per heavy atom. The van der Waals surface area contributed by atoms with Gasteiger partial charge in [-0.25, -0.2) is 4.79 Å². The summed E-state index contributed by atoms with van der Waals surface area (Å²) in [6, 6.07) is 3.48. The van der Waals surface area contributed by atoms with Crippen molar-refractivity contribution in [2.24, 2.45) is 0 Å². The molecule has 0 atom stereocenters. The van der Waals surface area contributed by atoms with Crippen LogP contribution in [0, 0.1) is 0 Å². The van der Waals surface area contributed by atoms with E-state index in [1.165, 1.54) is 18.2 Å². The highest BCUT2D eigenvalue weighted by atomic mass is 35.5. The Morgan fingerprint density at radius 1 is 1.41 bits per heavy atom.